The molecule has 0 spiro atoms. The zero-order valence-corrected chi connectivity index (χ0v) is 13.9. The molecule has 4 unspecified atom stereocenters. The highest BCUT2D eigenvalue weighted by Crippen LogP contribution is 2.52. The van der Waals surface area contributed by atoms with E-state index in [1.54, 1.807) is 6.20 Å². The lowest BCUT2D eigenvalue weighted by molar-refractivity contribution is -0.109. The lowest BCUT2D eigenvalue weighted by Crippen LogP contribution is -2.68. The van der Waals surface area contributed by atoms with Crippen LogP contribution in [0.4, 0.5) is 4.79 Å². The number of H-pyrrole nitrogens is 1. The monoisotopic (exact) mass is 318 g/mol. The summed E-state index contributed by atoms with van der Waals surface area (Å²) in [6.07, 6.45) is 8.13. The molecule has 0 aromatic carbocycles. The number of carbonyl (C=O) groups excluding carboxylic acids is 1. The van der Waals surface area contributed by atoms with Crippen LogP contribution in [-0.2, 0) is 4.74 Å². The number of hydrogen-bond acceptors (Lipinski definition) is 3. The molecule has 1 aromatic heterocycles. The number of imidazole rings is 1. The highest BCUT2D eigenvalue weighted by atomic mass is 16.5. The second-order valence-corrected chi connectivity index (χ2v) is 7.67. The third-order valence-electron chi connectivity index (χ3n) is 5.98. The first-order valence-electron chi connectivity index (χ1n) is 8.77. The Morgan fingerprint density at radius 3 is 3.09 bits per heavy atom. The van der Waals surface area contributed by atoms with Crippen molar-refractivity contribution in [3.05, 3.63) is 18.2 Å². The third kappa shape index (κ3) is 2.35. The SMILES string of the molecule is CC1(C)C(NC(=O)N2CCCCC2c2ncc[nH]2)C2CCOC21. The predicted octanol–water partition coefficient (Wildman–Crippen LogP) is 2.46. The average Bonchev–Trinajstić information content (AvgIpc) is 3.22. The van der Waals surface area contributed by atoms with E-state index in [1.807, 2.05) is 11.1 Å². The first-order chi connectivity index (χ1) is 11.1. The summed E-state index contributed by atoms with van der Waals surface area (Å²) in [4.78, 5) is 22.4. The Kier molecular flexibility index (Phi) is 3.59. The van der Waals surface area contributed by atoms with Crippen LogP contribution < -0.4 is 5.32 Å². The Morgan fingerprint density at radius 2 is 2.30 bits per heavy atom. The molecular weight excluding hydrogens is 292 g/mol. The fourth-order valence-electron chi connectivity index (χ4n) is 4.75. The Labute approximate surface area is 137 Å². The standard InChI is InChI=1S/C17H26N4O2/c1-17(2)13(11-6-10-23-14(11)17)20-16(22)21-9-4-3-5-12(21)15-18-7-8-19-15/h7-8,11-14H,3-6,9-10H2,1-2H3,(H,18,19)(H,20,22). The number of fused-ring (bicyclic) bond motifs is 1. The average molecular weight is 318 g/mol. The maximum atomic E-state index is 12.9. The fourth-order valence-corrected chi connectivity index (χ4v) is 4.75. The number of nitrogens with zero attached hydrogens (tertiary/aromatic N) is 2. The number of urea groups is 1. The lowest BCUT2D eigenvalue weighted by atomic mass is 9.57. The van der Waals surface area contributed by atoms with Crippen LogP contribution in [0, 0.1) is 11.3 Å². The molecule has 23 heavy (non-hydrogen) atoms. The second-order valence-electron chi connectivity index (χ2n) is 7.67. The van der Waals surface area contributed by atoms with Gasteiger partial charge in [0.05, 0.1) is 12.1 Å². The van der Waals surface area contributed by atoms with Crippen LogP contribution in [0.2, 0.25) is 0 Å². The summed E-state index contributed by atoms with van der Waals surface area (Å²) in [7, 11) is 0. The molecular formula is C17H26N4O2. The number of piperidine rings is 1. The minimum Gasteiger partial charge on any atom is -0.377 e. The number of aromatic amines is 1. The second kappa shape index (κ2) is 5.51. The first-order valence-corrected chi connectivity index (χ1v) is 8.77. The topological polar surface area (TPSA) is 70.2 Å². The van der Waals surface area contributed by atoms with Crippen LogP contribution in [0.15, 0.2) is 12.4 Å². The number of rotatable bonds is 2. The van der Waals surface area contributed by atoms with Crippen molar-refractivity contribution in [2.75, 3.05) is 13.2 Å². The molecule has 1 aliphatic carbocycles. The molecule has 3 fully saturated rings. The van der Waals surface area contributed by atoms with Gasteiger partial charge in [-0.15, -0.1) is 0 Å². The number of carbonyl (C=O) groups is 1. The summed E-state index contributed by atoms with van der Waals surface area (Å²) in [5.41, 5.74) is 0.0206. The van der Waals surface area contributed by atoms with Crippen molar-refractivity contribution >= 4 is 6.03 Å². The highest BCUT2D eigenvalue weighted by Gasteiger charge is 2.60. The van der Waals surface area contributed by atoms with E-state index in [1.165, 1.54) is 0 Å². The van der Waals surface area contributed by atoms with Gasteiger partial charge in [-0.3, -0.25) is 0 Å². The van der Waals surface area contributed by atoms with E-state index in [0.29, 0.717) is 12.0 Å². The molecule has 1 aromatic rings. The van der Waals surface area contributed by atoms with Gasteiger partial charge in [-0.2, -0.15) is 0 Å². The zero-order valence-electron chi connectivity index (χ0n) is 13.9. The van der Waals surface area contributed by atoms with Crippen LogP contribution in [-0.4, -0.2) is 46.2 Å². The molecule has 2 saturated heterocycles. The molecule has 2 aliphatic heterocycles. The molecule has 6 nitrogen and oxygen atoms in total. The molecule has 6 heteroatoms. The molecule has 4 atom stereocenters. The smallest absolute Gasteiger partial charge is 0.318 e. The molecule has 3 heterocycles. The van der Waals surface area contributed by atoms with E-state index in [0.717, 1.165) is 44.7 Å². The molecule has 2 amide bonds. The van der Waals surface area contributed by atoms with E-state index in [9.17, 15) is 4.79 Å². The van der Waals surface area contributed by atoms with Gasteiger partial charge in [-0.1, -0.05) is 13.8 Å². The summed E-state index contributed by atoms with van der Waals surface area (Å²) in [5, 5.41) is 3.31. The van der Waals surface area contributed by atoms with Crippen molar-refractivity contribution in [3.63, 3.8) is 0 Å². The van der Waals surface area contributed by atoms with Crippen LogP contribution in [0.5, 0.6) is 0 Å². The fraction of sp³-hybridized carbons (Fsp3) is 0.765. The number of aromatic nitrogens is 2. The van der Waals surface area contributed by atoms with Crippen molar-refractivity contribution < 1.29 is 9.53 Å². The number of hydrogen-bond donors (Lipinski definition) is 2. The number of ether oxygens (including phenoxy) is 1. The van der Waals surface area contributed by atoms with Crippen molar-refractivity contribution in [1.82, 2.24) is 20.2 Å². The summed E-state index contributed by atoms with van der Waals surface area (Å²) < 4.78 is 5.82. The number of nitrogens with one attached hydrogen (secondary N) is 2. The van der Waals surface area contributed by atoms with E-state index < -0.39 is 0 Å². The predicted molar refractivity (Wildman–Crippen MR) is 85.8 cm³/mol. The molecule has 126 valence electrons. The van der Waals surface area contributed by atoms with Crippen LogP contribution >= 0.6 is 0 Å². The van der Waals surface area contributed by atoms with Gasteiger partial charge < -0.3 is 19.9 Å². The van der Waals surface area contributed by atoms with Gasteiger partial charge in [0.25, 0.3) is 0 Å². The van der Waals surface area contributed by atoms with E-state index in [2.05, 4.69) is 29.1 Å². The first kappa shape index (κ1) is 15.0. The highest BCUT2D eigenvalue weighted by molar-refractivity contribution is 5.75. The summed E-state index contributed by atoms with van der Waals surface area (Å²) >= 11 is 0. The Morgan fingerprint density at radius 1 is 1.43 bits per heavy atom. The molecule has 0 bridgehead atoms. The Bertz CT molecular complexity index is 571. The van der Waals surface area contributed by atoms with Gasteiger partial charge in [-0.05, 0) is 25.7 Å². The Balaban J connectivity index is 1.47. The zero-order chi connectivity index (χ0) is 16.0. The van der Waals surface area contributed by atoms with E-state index >= 15 is 0 Å². The normalized spacial score (nSPS) is 35.5. The Hall–Kier alpha value is -1.56. The lowest BCUT2D eigenvalue weighted by Gasteiger charge is -2.55. The van der Waals surface area contributed by atoms with Gasteiger partial charge in [0.1, 0.15) is 5.82 Å². The maximum absolute atomic E-state index is 12.9. The van der Waals surface area contributed by atoms with Crippen molar-refractivity contribution in [2.24, 2.45) is 11.3 Å². The van der Waals surface area contributed by atoms with Crippen molar-refractivity contribution in [3.8, 4) is 0 Å². The van der Waals surface area contributed by atoms with Crippen LogP contribution in [0.25, 0.3) is 0 Å². The molecule has 0 radical (unpaired) electrons. The van der Waals surface area contributed by atoms with Gasteiger partial charge >= 0.3 is 6.03 Å². The summed E-state index contributed by atoms with van der Waals surface area (Å²) in [5.74, 6) is 1.37. The molecule has 2 N–H and O–H groups in total. The molecule has 3 aliphatic rings. The van der Waals surface area contributed by atoms with Crippen molar-refractivity contribution in [2.45, 2.75) is 57.7 Å². The van der Waals surface area contributed by atoms with E-state index in [4.69, 9.17) is 4.74 Å². The summed E-state index contributed by atoms with van der Waals surface area (Å²) in [6.45, 7) is 6.02. The van der Waals surface area contributed by atoms with Crippen molar-refractivity contribution in [1.29, 1.82) is 0 Å². The van der Waals surface area contributed by atoms with Gasteiger partial charge in [-0.25, -0.2) is 9.78 Å². The largest absolute Gasteiger partial charge is 0.377 e. The van der Waals surface area contributed by atoms with Crippen LogP contribution in [0.3, 0.4) is 0 Å². The minimum absolute atomic E-state index is 0.0206. The van der Waals surface area contributed by atoms with Crippen LogP contribution in [0.1, 0.15) is 51.4 Å². The van der Waals surface area contributed by atoms with Gasteiger partial charge in [0.2, 0.25) is 0 Å². The summed E-state index contributed by atoms with van der Waals surface area (Å²) in [6, 6.07) is 0.328. The van der Waals surface area contributed by atoms with Gasteiger partial charge in [0.15, 0.2) is 0 Å². The third-order valence-corrected chi connectivity index (χ3v) is 5.98. The van der Waals surface area contributed by atoms with Gasteiger partial charge in [0, 0.05) is 42.9 Å². The number of amides is 2. The van der Waals surface area contributed by atoms with E-state index in [-0.39, 0.29) is 23.5 Å². The minimum atomic E-state index is 0.0206. The maximum Gasteiger partial charge on any atom is 0.318 e. The number of likely N-dealkylation sites (tertiary alicyclic amines) is 1. The molecule has 4 rings (SSSR count). The quantitative estimate of drug-likeness (QED) is 0.880. The molecule has 1 saturated carbocycles.